The highest BCUT2D eigenvalue weighted by molar-refractivity contribution is 5.51. The van der Waals surface area contributed by atoms with E-state index in [1.807, 2.05) is 31.2 Å². The fourth-order valence-electron chi connectivity index (χ4n) is 2.07. The van der Waals surface area contributed by atoms with Crippen LogP contribution in [0.15, 0.2) is 48.8 Å². The zero-order chi connectivity index (χ0) is 14.7. The minimum absolute atomic E-state index is 0.222. The summed E-state index contributed by atoms with van der Waals surface area (Å²) < 4.78 is 14.9. The first-order chi connectivity index (χ1) is 10.2. The monoisotopic (exact) mass is 283 g/mol. The van der Waals surface area contributed by atoms with Crippen LogP contribution in [-0.4, -0.2) is 20.2 Å². The van der Waals surface area contributed by atoms with Gasteiger partial charge in [-0.25, -0.2) is 9.07 Å². The Bertz CT molecular complexity index is 740. The number of hydrogen-bond acceptors (Lipinski definition) is 4. The van der Waals surface area contributed by atoms with E-state index in [-0.39, 0.29) is 5.82 Å². The normalized spacial score (nSPS) is 10.6. The maximum absolute atomic E-state index is 13.3. The minimum Gasteiger partial charge on any atom is -0.381 e. The fraction of sp³-hybridized carbons (Fsp3) is 0.133. The summed E-state index contributed by atoms with van der Waals surface area (Å²) in [6.07, 6.45) is 1.54. The highest BCUT2D eigenvalue weighted by atomic mass is 19.1. The molecule has 0 aliphatic rings. The number of nitrogens with one attached hydrogen (secondary N) is 1. The molecule has 1 aromatic heterocycles. The van der Waals surface area contributed by atoms with Crippen LogP contribution >= 0.6 is 0 Å². The van der Waals surface area contributed by atoms with E-state index >= 15 is 0 Å². The first-order valence-corrected chi connectivity index (χ1v) is 6.55. The van der Waals surface area contributed by atoms with Gasteiger partial charge in [-0.15, -0.1) is 5.10 Å². The summed E-state index contributed by atoms with van der Waals surface area (Å²) >= 11 is 0. The molecule has 0 bridgehead atoms. The van der Waals surface area contributed by atoms with Gasteiger partial charge in [-0.2, -0.15) is 0 Å². The molecule has 0 aliphatic heterocycles. The van der Waals surface area contributed by atoms with E-state index in [0.717, 1.165) is 22.5 Å². The molecule has 1 N–H and O–H groups in total. The van der Waals surface area contributed by atoms with Gasteiger partial charge in [0.2, 0.25) is 0 Å². The second-order valence-electron chi connectivity index (χ2n) is 4.73. The Kier molecular flexibility index (Phi) is 3.59. The zero-order valence-electron chi connectivity index (χ0n) is 11.5. The number of rotatable bonds is 4. The number of aryl methyl sites for hydroxylation is 1. The lowest BCUT2D eigenvalue weighted by molar-refractivity contribution is 0.625. The van der Waals surface area contributed by atoms with Crippen molar-refractivity contribution in [2.45, 2.75) is 13.5 Å². The van der Waals surface area contributed by atoms with Gasteiger partial charge in [0.05, 0.1) is 5.69 Å². The Morgan fingerprint density at radius 2 is 2.10 bits per heavy atom. The summed E-state index contributed by atoms with van der Waals surface area (Å²) in [6.45, 7) is 2.52. The smallest absolute Gasteiger partial charge is 0.143 e. The third-order valence-corrected chi connectivity index (χ3v) is 3.25. The molecule has 6 heteroatoms. The van der Waals surface area contributed by atoms with Crippen LogP contribution in [0.5, 0.6) is 0 Å². The summed E-state index contributed by atoms with van der Waals surface area (Å²) in [5.41, 5.74) is 3.77. The van der Waals surface area contributed by atoms with Gasteiger partial charge in [0, 0.05) is 12.2 Å². The Hall–Kier alpha value is -2.76. The fourth-order valence-corrected chi connectivity index (χ4v) is 2.07. The molecule has 106 valence electrons. The lowest BCUT2D eigenvalue weighted by Gasteiger charge is -2.10. The zero-order valence-corrected chi connectivity index (χ0v) is 11.5. The number of hydrogen-bond donors (Lipinski definition) is 1. The van der Waals surface area contributed by atoms with Crippen molar-refractivity contribution in [2.24, 2.45) is 0 Å². The number of halogens is 1. The SMILES string of the molecule is Cc1ccc(F)cc1CNc1cccc(-n2cnnn2)c1. The van der Waals surface area contributed by atoms with Crippen molar-refractivity contribution >= 4 is 5.69 Å². The van der Waals surface area contributed by atoms with Gasteiger partial charge in [-0.3, -0.25) is 0 Å². The molecule has 0 saturated carbocycles. The Labute approximate surface area is 121 Å². The topological polar surface area (TPSA) is 55.6 Å². The van der Waals surface area contributed by atoms with Crippen molar-refractivity contribution in [3.63, 3.8) is 0 Å². The van der Waals surface area contributed by atoms with E-state index in [2.05, 4.69) is 20.8 Å². The van der Waals surface area contributed by atoms with E-state index in [0.29, 0.717) is 6.54 Å². The average molecular weight is 283 g/mol. The number of tetrazole rings is 1. The number of aromatic nitrogens is 4. The predicted octanol–water partition coefficient (Wildman–Crippen LogP) is 2.72. The van der Waals surface area contributed by atoms with Crippen LogP contribution in [0.3, 0.4) is 0 Å². The molecule has 0 radical (unpaired) electrons. The minimum atomic E-state index is -0.222. The summed E-state index contributed by atoms with van der Waals surface area (Å²) in [5, 5.41) is 14.4. The molecule has 0 atom stereocenters. The molecule has 0 aliphatic carbocycles. The van der Waals surface area contributed by atoms with Gasteiger partial charge in [-0.1, -0.05) is 12.1 Å². The van der Waals surface area contributed by atoms with Crippen LogP contribution in [0.25, 0.3) is 5.69 Å². The summed E-state index contributed by atoms with van der Waals surface area (Å²) in [4.78, 5) is 0. The maximum Gasteiger partial charge on any atom is 0.143 e. The first-order valence-electron chi connectivity index (χ1n) is 6.55. The van der Waals surface area contributed by atoms with Gasteiger partial charge in [0.1, 0.15) is 12.1 Å². The van der Waals surface area contributed by atoms with E-state index < -0.39 is 0 Å². The quantitative estimate of drug-likeness (QED) is 0.800. The largest absolute Gasteiger partial charge is 0.381 e. The highest BCUT2D eigenvalue weighted by Gasteiger charge is 2.02. The molecule has 3 rings (SSSR count). The first kappa shape index (κ1) is 13.2. The van der Waals surface area contributed by atoms with Crippen LogP contribution in [0.2, 0.25) is 0 Å². The molecule has 21 heavy (non-hydrogen) atoms. The maximum atomic E-state index is 13.3. The van der Waals surface area contributed by atoms with E-state index in [1.54, 1.807) is 16.8 Å². The van der Waals surface area contributed by atoms with Gasteiger partial charge in [-0.05, 0) is 58.8 Å². The molecule has 0 spiro atoms. The van der Waals surface area contributed by atoms with Gasteiger partial charge >= 0.3 is 0 Å². The second-order valence-corrected chi connectivity index (χ2v) is 4.73. The van der Waals surface area contributed by atoms with Crippen molar-refractivity contribution in [3.05, 3.63) is 65.7 Å². The van der Waals surface area contributed by atoms with Gasteiger partial charge in [0.25, 0.3) is 0 Å². The summed E-state index contributed by atoms with van der Waals surface area (Å²) in [7, 11) is 0. The third kappa shape index (κ3) is 3.05. The number of anilines is 1. The van der Waals surface area contributed by atoms with Crippen molar-refractivity contribution in [1.82, 2.24) is 20.2 Å². The predicted molar refractivity (Wildman–Crippen MR) is 77.6 cm³/mol. The van der Waals surface area contributed by atoms with Crippen molar-refractivity contribution in [1.29, 1.82) is 0 Å². The van der Waals surface area contributed by atoms with E-state index in [4.69, 9.17) is 0 Å². The van der Waals surface area contributed by atoms with E-state index in [9.17, 15) is 4.39 Å². The molecule has 0 amide bonds. The van der Waals surface area contributed by atoms with Crippen molar-refractivity contribution < 1.29 is 4.39 Å². The molecule has 0 saturated heterocycles. The molecule has 0 unspecified atom stereocenters. The summed E-state index contributed by atoms with van der Waals surface area (Å²) in [5.74, 6) is -0.222. The second kappa shape index (κ2) is 5.70. The molecule has 1 heterocycles. The Morgan fingerprint density at radius 3 is 2.90 bits per heavy atom. The van der Waals surface area contributed by atoms with Crippen LogP contribution in [0.1, 0.15) is 11.1 Å². The Balaban J connectivity index is 1.76. The average Bonchev–Trinajstić information content (AvgIpc) is 3.03. The number of benzene rings is 2. The molecule has 2 aromatic carbocycles. The third-order valence-electron chi connectivity index (χ3n) is 3.25. The van der Waals surface area contributed by atoms with Crippen LogP contribution in [-0.2, 0) is 6.54 Å². The summed E-state index contributed by atoms with van der Waals surface area (Å²) in [6, 6.07) is 12.5. The Morgan fingerprint density at radius 1 is 1.19 bits per heavy atom. The molecular formula is C15H14FN5. The van der Waals surface area contributed by atoms with Crippen LogP contribution in [0, 0.1) is 12.7 Å². The highest BCUT2D eigenvalue weighted by Crippen LogP contribution is 2.16. The standard InChI is InChI=1S/C15H14FN5/c1-11-5-6-13(16)7-12(11)9-17-14-3-2-4-15(8-14)21-10-18-19-20-21/h2-8,10,17H,9H2,1H3. The lowest BCUT2D eigenvalue weighted by atomic mass is 10.1. The van der Waals surface area contributed by atoms with Crippen LogP contribution in [0.4, 0.5) is 10.1 Å². The lowest BCUT2D eigenvalue weighted by Crippen LogP contribution is -2.03. The van der Waals surface area contributed by atoms with E-state index in [1.165, 1.54) is 12.4 Å². The number of nitrogens with zero attached hydrogens (tertiary/aromatic N) is 4. The van der Waals surface area contributed by atoms with Crippen molar-refractivity contribution in [2.75, 3.05) is 5.32 Å². The van der Waals surface area contributed by atoms with Crippen LogP contribution < -0.4 is 5.32 Å². The molecular weight excluding hydrogens is 269 g/mol. The van der Waals surface area contributed by atoms with Gasteiger partial charge in [0.15, 0.2) is 0 Å². The molecule has 5 nitrogen and oxygen atoms in total. The van der Waals surface area contributed by atoms with Crippen molar-refractivity contribution in [3.8, 4) is 5.69 Å². The van der Waals surface area contributed by atoms with Gasteiger partial charge < -0.3 is 5.32 Å². The molecule has 0 fully saturated rings. The molecule has 3 aromatic rings.